The van der Waals surface area contributed by atoms with Gasteiger partial charge in [0, 0.05) is 19.8 Å². The molecule has 1 aliphatic rings. The van der Waals surface area contributed by atoms with E-state index in [0.717, 1.165) is 32.5 Å². The summed E-state index contributed by atoms with van der Waals surface area (Å²) in [6.45, 7) is 4.28. The van der Waals surface area contributed by atoms with Gasteiger partial charge in [-0.1, -0.05) is 13.3 Å². The summed E-state index contributed by atoms with van der Waals surface area (Å²) in [5, 5.41) is 9.04. The van der Waals surface area contributed by atoms with Gasteiger partial charge >= 0.3 is 0 Å². The Bertz CT molecular complexity index is 93.7. The molecule has 1 rings (SSSR count). The van der Waals surface area contributed by atoms with Crippen molar-refractivity contribution in [3.63, 3.8) is 0 Å². The first-order chi connectivity index (χ1) is 5.38. The molecule has 66 valence electrons. The van der Waals surface area contributed by atoms with Crippen molar-refractivity contribution in [2.24, 2.45) is 11.8 Å². The van der Waals surface area contributed by atoms with E-state index in [9.17, 15) is 0 Å². The van der Waals surface area contributed by atoms with Gasteiger partial charge in [0.1, 0.15) is 0 Å². The molecule has 1 N–H and O–H groups in total. The average molecular weight is 158 g/mol. The van der Waals surface area contributed by atoms with Gasteiger partial charge in [-0.15, -0.1) is 0 Å². The summed E-state index contributed by atoms with van der Waals surface area (Å²) in [6.07, 6.45) is 3.37. The van der Waals surface area contributed by atoms with E-state index < -0.39 is 0 Å². The molecule has 1 aliphatic heterocycles. The SMILES string of the molecule is CCC(CO)C1CCOCC1. The van der Waals surface area contributed by atoms with Crippen molar-refractivity contribution < 1.29 is 9.84 Å². The second-order valence-electron chi connectivity index (χ2n) is 3.30. The monoisotopic (exact) mass is 158 g/mol. The van der Waals surface area contributed by atoms with Gasteiger partial charge in [-0.2, -0.15) is 0 Å². The van der Waals surface area contributed by atoms with E-state index >= 15 is 0 Å². The van der Waals surface area contributed by atoms with E-state index in [4.69, 9.17) is 9.84 Å². The maximum atomic E-state index is 9.04. The van der Waals surface area contributed by atoms with Crippen LogP contribution in [0.4, 0.5) is 0 Å². The summed E-state index contributed by atoms with van der Waals surface area (Å²) in [4.78, 5) is 0. The number of aliphatic hydroxyl groups is 1. The molecule has 2 heteroatoms. The van der Waals surface area contributed by atoms with E-state index in [-0.39, 0.29) is 0 Å². The van der Waals surface area contributed by atoms with Crippen LogP contribution >= 0.6 is 0 Å². The molecule has 0 aromatic rings. The van der Waals surface area contributed by atoms with Crippen LogP contribution in [0.25, 0.3) is 0 Å². The minimum atomic E-state index is 0.348. The standard InChI is InChI=1S/C9H18O2/c1-2-8(7-10)9-3-5-11-6-4-9/h8-10H,2-7H2,1H3. The van der Waals surface area contributed by atoms with Gasteiger partial charge in [-0.3, -0.25) is 0 Å². The van der Waals surface area contributed by atoms with Crippen molar-refractivity contribution in [3.05, 3.63) is 0 Å². The summed E-state index contributed by atoms with van der Waals surface area (Å²) in [6, 6.07) is 0. The third kappa shape index (κ3) is 2.46. The molecule has 2 nitrogen and oxygen atoms in total. The molecule has 0 aromatic heterocycles. The van der Waals surface area contributed by atoms with Crippen LogP contribution in [0.3, 0.4) is 0 Å². The molecule has 0 saturated carbocycles. The second-order valence-corrected chi connectivity index (χ2v) is 3.30. The molecule has 1 heterocycles. The largest absolute Gasteiger partial charge is 0.396 e. The fourth-order valence-electron chi connectivity index (χ4n) is 1.80. The maximum absolute atomic E-state index is 9.04. The number of ether oxygens (including phenoxy) is 1. The predicted octanol–water partition coefficient (Wildman–Crippen LogP) is 1.43. The molecule has 0 spiro atoms. The molecular formula is C9H18O2. The Morgan fingerprint density at radius 3 is 2.55 bits per heavy atom. The van der Waals surface area contributed by atoms with Crippen molar-refractivity contribution in [2.45, 2.75) is 26.2 Å². The molecule has 0 bridgehead atoms. The van der Waals surface area contributed by atoms with Crippen molar-refractivity contribution >= 4 is 0 Å². The summed E-state index contributed by atoms with van der Waals surface area (Å²) < 4.78 is 5.26. The Balaban J connectivity index is 2.30. The highest BCUT2D eigenvalue weighted by molar-refractivity contribution is 4.70. The summed E-state index contributed by atoms with van der Waals surface area (Å²) in [5.41, 5.74) is 0. The first kappa shape index (κ1) is 9.01. The molecule has 0 aliphatic carbocycles. The second kappa shape index (κ2) is 4.73. The minimum Gasteiger partial charge on any atom is -0.396 e. The van der Waals surface area contributed by atoms with Crippen LogP contribution in [-0.2, 0) is 4.74 Å². The topological polar surface area (TPSA) is 29.5 Å². The zero-order chi connectivity index (χ0) is 8.10. The predicted molar refractivity (Wildman–Crippen MR) is 44.4 cm³/mol. The Kier molecular flexibility index (Phi) is 3.87. The summed E-state index contributed by atoms with van der Waals surface area (Å²) >= 11 is 0. The molecule has 1 saturated heterocycles. The minimum absolute atomic E-state index is 0.348. The lowest BCUT2D eigenvalue weighted by atomic mass is 9.85. The maximum Gasteiger partial charge on any atom is 0.0468 e. The average Bonchev–Trinajstić information content (AvgIpc) is 2.09. The zero-order valence-electron chi connectivity index (χ0n) is 7.25. The Morgan fingerprint density at radius 2 is 2.09 bits per heavy atom. The lowest BCUT2D eigenvalue weighted by Crippen LogP contribution is -2.25. The van der Waals surface area contributed by atoms with Gasteiger partial charge in [0.2, 0.25) is 0 Å². The molecule has 0 amide bonds. The van der Waals surface area contributed by atoms with E-state index in [2.05, 4.69) is 6.92 Å². The van der Waals surface area contributed by atoms with Crippen molar-refractivity contribution in [1.82, 2.24) is 0 Å². The molecule has 1 atom stereocenters. The van der Waals surface area contributed by atoms with Crippen LogP contribution in [0, 0.1) is 11.8 Å². The highest BCUT2D eigenvalue weighted by Crippen LogP contribution is 2.25. The molecular weight excluding hydrogens is 140 g/mol. The van der Waals surface area contributed by atoms with Gasteiger partial charge in [-0.05, 0) is 24.7 Å². The van der Waals surface area contributed by atoms with Crippen molar-refractivity contribution in [1.29, 1.82) is 0 Å². The van der Waals surface area contributed by atoms with Crippen LogP contribution in [0.15, 0.2) is 0 Å². The van der Waals surface area contributed by atoms with Crippen LogP contribution in [0.1, 0.15) is 26.2 Å². The van der Waals surface area contributed by atoms with Crippen LogP contribution in [0.5, 0.6) is 0 Å². The van der Waals surface area contributed by atoms with Gasteiger partial charge < -0.3 is 9.84 Å². The van der Waals surface area contributed by atoms with Crippen LogP contribution < -0.4 is 0 Å². The molecule has 0 radical (unpaired) electrons. The van der Waals surface area contributed by atoms with Crippen molar-refractivity contribution in [3.8, 4) is 0 Å². The lowest BCUT2D eigenvalue weighted by Gasteiger charge is -2.28. The third-order valence-corrected chi connectivity index (χ3v) is 2.69. The number of rotatable bonds is 3. The normalized spacial score (nSPS) is 23.5. The van der Waals surface area contributed by atoms with Gasteiger partial charge in [-0.25, -0.2) is 0 Å². The highest BCUT2D eigenvalue weighted by atomic mass is 16.5. The smallest absolute Gasteiger partial charge is 0.0468 e. The van der Waals surface area contributed by atoms with Crippen LogP contribution in [0.2, 0.25) is 0 Å². The zero-order valence-corrected chi connectivity index (χ0v) is 7.25. The Morgan fingerprint density at radius 1 is 1.45 bits per heavy atom. The lowest BCUT2D eigenvalue weighted by molar-refractivity contribution is 0.0324. The Hall–Kier alpha value is -0.0800. The third-order valence-electron chi connectivity index (χ3n) is 2.69. The first-order valence-corrected chi connectivity index (χ1v) is 4.57. The van der Waals surface area contributed by atoms with E-state index in [1.165, 1.54) is 0 Å². The molecule has 1 fully saturated rings. The molecule has 1 unspecified atom stereocenters. The van der Waals surface area contributed by atoms with E-state index in [1.807, 2.05) is 0 Å². The fraction of sp³-hybridized carbons (Fsp3) is 1.00. The molecule has 11 heavy (non-hydrogen) atoms. The van der Waals surface area contributed by atoms with Crippen LogP contribution in [-0.4, -0.2) is 24.9 Å². The van der Waals surface area contributed by atoms with Gasteiger partial charge in [0.05, 0.1) is 0 Å². The van der Waals surface area contributed by atoms with E-state index in [0.29, 0.717) is 18.4 Å². The van der Waals surface area contributed by atoms with E-state index in [1.54, 1.807) is 0 Å². The number of hydrogen-bond donors (Lipinski definition) is 1. The number of hydrogen-bond acceptors (Lipinski definition) is 2. The summed E-state index contributed by atoms with van der Waals surface area (Å²) in [5.74, 6) is 1.22. The number of aliphatic hydroxyl groups excluding tert-OH is 1. The van der Waals surface area contributed by atoms with Gasteiger partial charge in [0.15, 0.2) is 0 Å². The highest BCUT2D eigenvalue weighted by Gasteiger charge is 2.21. The van der Waals surface area contributed by atoms with Gasteiger partial charge in [0.25, 0.3) is 0 Å². The van der Waals surface area contributed by atoms with Crippen molar-refractivity contribution in [2.75, 3.05) is 19.8 Å². The first-order valence-electron chi connectivity index (χ1n) is 4.57. The fourth-order valence-corrected chi connectivity index (χ4v) is 1.80. The quantitative estimate of drug-likeness (QED) is 0.673. The summed E-state index contributed by atoms with van der Waals surface area (Å²) in [7, 11) is 0. The molecule has 0 aromatic carbocycles. The Labute approximate surface area is 68.6 Å².